The van der Waals surface area contributed by atoms with Gasteiger partial charge in [-0.2, -0.15) is 0 Å². The molecule has 0 atom stereocenters. The maximum Gasteiger partial charge on any atom is 0.00909 e. The topological polar surface area (TPSA) is 12.0 Å². The van der Waals surface area contributed by atoms with Gasteiger partial charge < -0.3 is 5.32 Å². The summed E-state index contributed by atoms with van der Waals surface area (Å²) in [4.78, 5) is 0. The Kier molecular flexibility index (Phi) is 4.40. The normalized spacial score (nSPS) is 23.5. The summed E-state index contributed by atoms with van der Waals surface area (Å²) >= 11 is 0. The Morgan fingerprint density at radius 1 is 1.00 bits per heavy atom. The summed E-state index contributed by atoms with van der Waals surface area (Å²) in [6.07, 6.45) is 11.6. The molecule has 116 valence electrons. The highest BCUT2D eigenvalue weighted by molar-refractivity contribution is 5.37. The van der Waals surface area contributed by atoms with Gasteiger partial charge in [0, 0.05) is 12.0 Å². The number of aryl methyl sites for hydroxylation is 1. The van der Waals surface area contributed by atoms with Crippen molar-refractivity contribution in [2.75, 3.05) is 13.1 Å². The summed E-state index contributed by atoms with van der Waals surface area (Å²) in [5, 5.41) is 3.65. The van der Waals surface area contributed by atoms with E-state index >= 15 is 0 Å². The fourth-order valence-electron chi connectivity index (χ4n) is 5.16. The number of rotatable bonds is 4. The summed E-state index contributed by atoms with van der Waals surface area (Å²) in [7, 11) is 0. The van der Waals surface area contributed by atoms with Crippen LogP contribution in [0.3, 0.4) is 0 Å². The summed E-state index contributed by atoms with van der Waals surface area (Å²) in [6, 6.07) is 9.09. The molecule has 0 radical (unpaired) electrons. The van der Waals surface area contributed by atoms with E-state index in [1.807, 2.05) is 0 Å². The SMILES string of the molecule is CCNCC1(c2ccccc2C)CC2(CCCCCC2)C1. The number of benzene rings is 1. The zero-order valence-electron chi connectivity index (χ0n) is 13.9. The molecule has 0 aliphatic heterocycles. The highest BCUT2D eigenvalue weighted by Gasteiger charge is 2.54. The van der Waals surface area contributed by atoms with E-state index in [0.717, 1.165) is 13.1 Å². The molecule has 1 aromatic carbocycles. The molecule has 1 nitrogen and oxygen atoms in total. The average Bonchev–Trinajstić information content (AvgIpc) is 2.70. The molecule has 0 bridgehead atoms. The lowest BCUT2D eigenvalue weighted by Gasteiger charge is -2.58. The van der Waals surface area contributed by atoms with Gasteiger partial charge in [-0.05, 0) is 55.7 Å². The van der Waals surface area contributed by atoms with Crippen LogP contribution in [0.4, 0.5) is 0 Å². The van der Waals surface area contributed by atoms with Crippen LogP contribution in [-0.2, 0) is 5.41 Å². The molecule has 0 aromatic heterocycles. The lowest BCUT2D eigenvalue weighted by Crippen LogP contribution is -2.55. The van der Waals surface area contributed by atoms with Gasteiger partial charge in [0.1, 0.15) is 0 Å². The Balaban J connectivity index is 1.82. The molecule has 0 saturated heterocycles. The van der Waals surface area contributed by atoms with Crippen molar-refractivity contribution in [2.24, 2.45) is 5.41 Å². The molecular formula is C20H31N. The smallest absolute Gasteiger partial charge is 0.00909 e. The summed E-state index contributed by atoms with van der Waals surface area (Å²) < 4.78 is 0. The quantitative estimate of drug-likeness (QED) is 0.823. The fraction of sp³-hybridized carbons (Fsp3) is 0.700. The van der Waals surface area contributed by atoms with Crippen molar-refractivity contribution >= 4 is 0 Å². The van der Waals surface area contributed by atoms with Crippen molar-refractivity contribution in [3.8, 4) is 0 Å². The predicted molar refractivity (Wildman–Crippen MR) is 90.8 cm³/mol. The first-order chi connectivity index (χ1) is 10.2. The van der Waals surface area contributed by atoms with Gasteiger partial charge in [0.05, 0.1) is 0 Å². The monoisotopic (exact) mass is 285 g/mol. The Bertz CT molecular complexity index is 460. The van der Waals surface area contributed by atoms with E-state index in [-0.39, 0.29) is 0 Å². The zero-order valence-corrected chi connectivity index (χ0v) is 13.9. The zero-order chi connectivity index (χ0) is 14.8. The highest BCUT2D eigenvalue weighted by Crippen LogP contribution is 2.61. The number of hydrogen-bond donors (Lipinski definition) is 1. The van der Waals surface area contributed by atoms with Crippen molar-refractivity contribution in [1.82, 2.24) is 5.32 Å². The van der Waals surface area contributed by atoms with Crippen LogP contribution in [0.5, 0.6) is 0 Å². The third-order valence-electron chi connectivity index (χ3n) is 6.02. The van der Waals surface area contributed by atoms with Crippen molar-refractivity contribution in [1.29, 1.82) is 0 Å². The van der Waals surface area contributed by atoms with Crippen LogP contribution in [0, 0.1) is 12.3 Å². The van der Waals surface area contributed by atoms with Crippen LogP contribution in [0.2, 0.25) is 0 Å². The molecule has 1 heteroatoms. The summed E-state index contributed by atoms with van der Waals surface area (Å²) in [5.41, 5.74) is 4.18. The molecule has 0 amide bonds. The lowest BCUT2D eigenvalue weighted by atomic mass is 9.47. The Hall–Kier alpha value is -0.820. The molecule has 1 spiro atoms. The van der Waals surface area contributed by atoms with Crippen LogP contribution in [0.1, 0.15) is 69.4 Å². The largest absolute Gasteiger partial charge is 0.316 e. The minimum absolute atomic E-state index is 0.408. The van der Waals surface area contributed by atoms with Crippen molar-refractivity contribution in [2.45, 2.75) is 70.6 Å². The molecule has 0 heterocycles. The van der Waals surface area contributed by atoms with Crippen LogP contribution < -0.4 is 5.32 Å². The minimum Gasteiger partial charge on any atom is -0.316 e. The Morgan fingerprint density at radius 3 is 2.29 bits per heavy atom. The lowest BCUT2D eigenvalue weighted by molar-refractivity contribution is 0.00609. The van der Waals surface area contributed by atoms with Gasteiger partial charge in [-0.15, -0.1) is 0 Å². The first kappa shape index (κ1) is 15.1. The van der Waals surface area contributed by atoms with E-state index in [4.69, 9.17) is 0 Å². The average molecular weight is 285 g/mol. The van der Waals surface area contributed by atoms with Crippen LogP contribution in [0.25, 0.3) is 0 Å². The molecule has 2 aliphatic carbocycles. The van der Waals surface area contributed by atoms with Crippen molar-refractivity contribution in [3.05, 3.63) is 35.4 Å². The third-order valence-corrected chi connectivity index (χ3v) is 6.02. The standard InChI is InChI=1S/C20H31N/c1-3-21-16-20(18-11-7-6-10-17(18)2)14-19(15-20)12-8-4-5-9-13-19/h6-7,10-11,21H,3-5,8-9,12-16H2,1-2H3. The molecule has 0 unspecified atom stereocenters. The van der Waals surface area contributed by atoms with Gasteiger partial charge in [0.15, 0.2) is 0 Å². The molecule has 3 rings (SSSR count). The fourth-order valence-corrected chi connectivity index (χ4v) is 5.16. The number of hydrogen-bond acceptors (Lipinski definition) is 1. The molecule has 2 fully saturated rings. The van der Waals surface area contributed by atoms with E-state index in [9.17, 15) is 0 Å². The van der Waals surface area contributed by atoms with Gasteiger partial charge in [-0.1, -0.05) is 56.9 Å². The first-order valence-electron chi connectivity index (χ1n) is 8.97. The van der Waals surface area contributed by atoms with Crippen LogP contribution >= 0.6 is 0 Å². The van der Waals surface area contributed by atoms with Gasteiger partial charge in [0.2, 0.25) is 0 Å². The van der Waals surface area contributed by atoms with Crippen molar-refractivity contribution < 1.29 is 0 Å². The van der Waals surface area contributed by atoms with E-state index in [0.29, 0.717) is 10.8 Å². The van der Waals surface area contributed by atoms with Crippen molar-refractivity contribution in [3.63, 3.8) is 0 Å². The molecular weight excluding hydrogens is 254 g/mol. The predicted octanol–water partition coefficient (Wildman–Crippen LogP) is 4.98. The second-order valence-corrected chi connectivity index (χ2v) is 7.64. The second kappa shape index (κ2) is 6.12. The number of nitrogens with one attached hydrogen (secondary N) is 1. The highest BCUT2D eigenvalue weighted by atomic mass is 14.9. The van der Waals surface area contributed by atoms with E-state index in [2.05, 4.69) is 43.4 Å². The van der Waals surface area contributed by atoms with Gasteiger partial charge in [-0.3, -0.25) is 0 Å². The van der Waals surface area contributed by atoms with E-state index in [1.54, 1.807) is 5.56 Å². The Labute approximate surface area is 130 Å². The van der Waals surface area contributed by atoms with Gasteiger partial charge >= 0.3 is 0 Å². The molecule has 2 saturated carbocycles. The van der Waals surface area contributed by atoms with Crippen LogP contribution in [0.15, 0.2) is 24.3 Å². The molecule has 1 N–H and O–H groups in total. The number of likely N-dealkylation sites (N-methyl/N-ethyl adjacent to an activating group) is 1. The van der Waals surface area contributed by atoms with E-state index in [1.165, 1.54) is 56.9 Å². The minimum atomic E-state index is 0.408. The summed E-state index contributed by atoms with van der Waals surface area (Å²) in [6.45, 7) is 6.77. The van der Waals surface area contributed by atoms with Gasteiger partial charge in [0.25, 0.3) is 0 Å². The van der Waals surface area contributed by atoms with Crippen LogP contribution in [-0.4, -0.2) is 13.1 Å². The second-order valence-electron chi connectivity index (χ2n) is 7.64. The van der Waals surface area contributed by atoms with Gasteiger partial charge in [-0.25, -0.2) is 0 Å². The maximum atomic E-state index is 3.65. The Morgan fingerprint density at radius 2 is 1.67 bits per heavy atom. The summed E-state index contributed by atoms with van der Waals surface area (Å²) in [5.74, 6) is 0. The molecule has 1 aromatic rings. The van der Waals surface area contributed by atoms with E-state index < -0.39 is 0 Å². The third kappa shape index (κ3) is 2.90. The maximum absolute atomic E-state index is 3.65. The molecule has 21 heavy (non-hydrogen) atoms. The first-order valence-corrected chi connectivity index (χ1v) is 8.97. The molecule has 2 aliphatic rings.